The second-order valence-corrected chi connectivity index (χ2v) is 7.16. The van der Waals surface area contributed by atoms with Crippen molar-refractivity contribution in [1.82, 2.24) is 0 Å². The van der Waals surface area contributed by atoms with Crippen LogP contribution in [0.1, 0.15) is 36.6 Å². The van der Waals surface area contributed by atoms with Crippen LogP contribution in [0.3, 0.4) is 0 Å². The number of hydrogen-bond donors (Lipinski definition) is 2. The largest absolute Gasteiger partial charge is 0.325 e. The maximum absolute atomic E-state index is 12.0. The SMILES string of the molecule is CC1(C)C(=O)Nc2ccc(C(N)c3cccc(I)c3)cc21. The maximum Gasteiger partial charge on any atom is 0.234 e. The van der Waals surface area contributed by atoms with Crippen molar-refractivity contribution in [2.75, 3.05) is 5.32 Å². The Bertz CT molecular complexity index is 724. The van der Waals surface area contributed by atoms with Gasteiger partial charge in [0.1, 0.15) is 0 Å². The topological polar surface area (TPSA) is 55.1 Å². The van der Waals surface area contributed by atoms with Crippen LogP contribution in [-0.4, -0.2) is 5.91 Å². The summed E-state index contributed by atoms with van der Waals surface area (Å²) in [6.07, 6.45) is 0. The lowest BCUT2D eigenvalue weighted by Gasteiger charge is -2.18. The monoisotopic (exact) mass is 392 g/mol. The first-order chi connectivity index (χ1) is 9.89. The van der Waals surface area contributed by atoms with Crippen LogP contribution >= 0.6 is 22.6 Å². The van der Waals surface area contributed by atoms with Gasteiger partial charge in [0.05, 0.1) is 11.5 Å². The molecule has 1 atom stereocenters. The quantitative estimate of drug-likeness (QED) is 0.768. The summed E-state index contributed by atoms with van der Waals surface area (Å²) in [5.41, 5.74) is 9.91. The predicted octanol–water partition coefficient (Wildman–Crippen LogP) is 3.57. The lowest BCUT2D eigenvalue weighted by atomic mass is 9.84. The van der Waals surface area contributed by atoms with Gasteiger partial charge in [0.2, 0.25) is 5.91 Å². The molecule has 4 heteroatoms. The third-order valence-electron chi connectivity index (χ3n) is 4.10. The molecule has 1 unspecified atom stereocenters. The van der Waals surface area contributed by atoms with Gasteiger partial charge < -0.3 is 11.1 Å². The van der Waals surface area contributed by atoms with Gasteiger partial charge in [0.25, 0.3) is 0 Å². The number of benzene rings is 2. The number of nitrogens with two attached hydrogens (primary N) is 1. The van der Waals surface area contributed by atoms with Crippen LogP contribution in [0, 0.1) is 3.57 Å². The highest BCUT2D eigenvalue weighted by Gasteiger charge is 2.38. The molecule has 21 heavy (non-hydrogen) atoms. The fourth-order valence-electron chi connectivity index (χ4n) is 2.67. The lowest BCUT2D eigenvalue weighted by molar-refractivity contribution is -0.119. The molecular weight excluding hydrogens is 375 g/mol. The lowest BCUT2D eigenvalue weighted by Crippen LogP contribution is -2.27. The van der Waals surface area contributed by atoms with Crippen LogP contribution in [0.25, 0.3) is 0 Å². The minimum atomic E-state index is -0.504. The fourth-order valence-corrected chi connectivity index (χ4v) is 3.24. The molecule has 0 saturated heterocycles. The minimum absolute atomic E-state index is 0.0393. The van der Waals surface area contributed by atoms with E-state index in [1.807, 2.05) is 44.2 Å². The van der Waals surface area contributed by atoms with E-state index in [9.17, 15) is 4.79 Å². The highest BCUT2D eigenvalue weighted by Crippen LogP contribution is 2.39. The Balaban J connectivity index is 2.02. The third kappa shape index (κ3) is 2.46. The van der Waals surface area contributed by atoms with E-state index < -0.39 is 5.41 Å². The van der Waals surface area contributed by atoms with Gasteiger partial charge in [0, 0.05) is 9.26 Å². The molecule has 108 valence electrons. The van der Waals surface area contributed by atoms with Gasteiger partial charge in [0.15, 0.2) is 0 Å². The molecule has 0 saturated carbocycles. The zero-order chi connectivity index (χ0) is 15.2. The minimum Gasteiger partial charge on any atom is -0.325 e. The molecule has 3 rings (SSSR count). The number of nitrogens with one attached hydrogen (secondary N) is 1. The van der Waals surface area contributed by atoms with Gasteiger partial charge in [-0.2, -0.15) is 0 Å². The first kappa shape index (κ1) is 14.5. The Labute approximate surface area is 138 Å². The molecule has 1 aliphatic heterocycles. The molecule has 2 aromatic rings. The summed E-state index contributed by atoms with van der Waals surface area (Å²) < 4.78 is 1.17. The second-order valence-electron chi connectivity index (χ2n) is 5.92. The van der Waals surface area contributed by atoms with Crippen LogP contribution in [0.5, 0.6) is 0 Å². The fraction of sp³-hybridized carbons (Fsp3) is 0.235. The smallest absolute Gasteiger partial charge is 0.234 e. The average Bonchev–Trinajstić information content (AvgIpc) is 2.68. The van der Waals surface area contributed by atoms with Gasteiger partial charge in [-0.1, -0.05) is 24.3 Å². The number of halogens is 1. The Morgan fingerprint density at radius 1 is 1.14 bits per heavy atom. The number of hydrogen-bond acceptors (Lipinski definition) is 2. The molecule has 0 spiro atoms. The Kier molecular flexibility index (Phi) is 3.53. The molecule has 1 aliphatic rings. The Morgan fingerprint density at radius 3 is 2.57 bits per heavy atom. The van der Waals surface area contributed by atoms with Crippen molar-refractivity contribution < 1.29 is 4.79 Å². The third-order valence-corrected chi connectivity index (χ3v) is 4.77. The van der Waals surface area contributed by atoms with E-state index in [0.29, 0.717) is 0 Å². The van der Waals surface area contributed by atoms with Crippen molar-refractivity contribution in [3.63, 3.8) is 0 Å². The van der Waals surface area contributed by atoms with E-state index in [0.717, 1.165) is 22.4 Å². The molecule has 1 amide bonds. The van der Waals surface area contributed by atoms with Crippen molar-refractivity contribution in [3.05, 3.63) is 62.7 Å². The summed E-state index contributed by atoms with van der Waals surface area (Å²) in [6.45, 7) is 3.88. The Hall–Kier alpha value is -1.40. The number of carbonyl (C=O) groups is 1. The molecule has 0 aromatic heterocycles. The summed E-state index contributed by atoms with van der Waals surface area (Å²) in [6, 6.07) is 14.0. The molecular formula is C17H17IN2O. The molecule has 2 aromatic carbocycles. The van der Waals surface area contributed by atoms with E-state index in [-0.39, 0.29) is 11.9 Å². The van der Waals surface area contributed by atoms with Gasteiger partial charge in [-0.25, -0.2) is 0 Å². The molecule has 3 nitrogen and oxygen atoms in total. The summed E-state index contributed by atoms with van der Waals surface area (Å²) in [5, 5.41) is 2.92. The molecule has 0 aliphatic carbocycles. The normalized spacial score (nSPS) is 17.2. The molecule has 0 fully saturated rings. The first-order valence-corrected chi connectivity index (χ1v) is 7.94. The van der Waals surface area contributed by atoms with E-state index in [1.165, 1.54) is 3.57 Å². The average molecular weight is 392 g/mol. The summed E-state index contributed by atoms with van der Waals surface area (Å²) in [7, 11) is 0. The maximum atomic E-state index is 12.0. The van der Waals surface area contributed by atoms with Gasteiger partial charge in [-0.15, -0.1) is 0 Å². The van der Waals surface area contributed by atoms with Gasteiger partial charge >= 0.3 is 0 Å². The molecule has 0 bridgehead atoms. The van der Waals surface area contributed by atoms with Crippen molar-refractivity contribution in [2.24, 2.45) is 5.73 Å². The van der Waals surface area contributed by atoms with Crippen molar-refractivity contribution >= 4 is 34.2 Å². The van der Waals surface area contributed by atoms with Gasteiger partial charge in [-0.05, 0) is 71.3 Å². The predicted molar refractivity (Wildman–Crippen MR) is 93.3 cm³/mol. The van der Waals surface area contributed by atoms with Crippen molar-refractivity contribution in [1.29, 1.82) is 0 Å². The van der Waals surface area contributed by atoms with E-state index in [1.54, 1.807) is 0 Å². The summed E-state index contributed by atoms with van der Waals surface area (Å²) in [4.78, 5) is 12.0. The standard InChI is InChI=1S/C17H17IN2O/c1-17(2)13-9-11(6-7-14(13)20-16(17)21)15(19)10-4-3-5-12(18)8-10/h3-9,15H,19H2,1-2H3,(H,20,21). The highest BCUT2D eigenvalue weighted by molar-refractivity contribution is 14.1. The number of rotatable bonds is 2. The summed E-state index contributed by atoms with van der Waals surface area (Å²) in [5.74, 6) is 0.0393. The number of amides is 1. The number of fused-ring (bicyclic) bond motifs is 1. The van der Waals surface area contributed by atoms with Crippen LogP contribution in [0.4, 0.5) is 5.69 Å². The van der Waals surface area contributed by atoms with E-state index in [4.69, 9.17) is 5.73 Å². The van der Waals surface area contributed by atoms with E-state index in [2.05, 4.69) is 40.0 Å². The van der Waals surface area contributed by atoms with E-state index >= 15 is 0 Å². The second kappa shape index (κ2) is 5.10. The molecule has 1 heterocycles. The van der Waals surface area contributed by atoms with Gasteiger partial charge in [-0.3, -0.25) is 4.79 Å². The first-order valence-electron chi connectivity index (χ1n) is 6.86. The van der Waals surface area contributed by atoms with Crippen LogP contribution in [0.2, 0.25) is 0 Å². The zero-order valence-electron chi connectivity index (χ0n) is 12.0. The highest BCUT2D eigenvalue weighted by atomic mass is 127. The molecule has 0 radical (unpaired) electrons. The zero-order valence-corrected chi connectivity index (χ0v) is 14.1. The van der Waals surface area contributed by atoms with Crippen LogP contribution < -0.4 is 11.1 Å². The van der Waals surface area contributed by atoms with Crippen LogP contribution in [-0.2, 0) is 10.2 Å². The van der Waals surface area contributed by atoms with Crippen molar-refractivity contribution in [2.45, 2.75) is 25.3 Å². The number of carbonyl (C=O) groups excluding carboxylic acids is 1. The summed E-state index contributed by atoms with van der Waals surface area (Å²) >= 11 is 2.29. The van der Waals surface area contributed by atoms with Crippen molar-refractivity contribution in [3.8, 4) is 0 Å². The van der Waals surface area contributed by atoms with Crippen LogP contribution in [0.15, 0.2) is 42.5 Å². The molecule has 3 N–H and O–H groups in total. The Morgan fingerprint density at radius 2 is 1.86 bits per heavy atom. The number of anilines is 1.